The van der Waals surface area contributed by atoms with Crippen molar-refractivity contribution in [3.05, 3.63) is 28.8 Å². The molecule has 0 aromatic heterocycles. The lowest BCUT2D eigenvalue weighted by atomic mass is 9.94. The van der Waals surface area contributed by atoms with Gasteiger partial charge in [0.15, 0.2) is 0 Å². The molecule has 1 aromatic rings. The molecular weight excluding hydrogens is 318 g/mol. The number of ether oxygens (including phenoxy) is 1. The Balaban J connectivity index is 1.79. The number of hydrogen-bond donors (Lipinski definition) is 3. The second-order valence-electron chi connectivity index (χ2n) is 5.64. The van der Waals surface area contributed by atoms with Crippen LogP contribution in [0.2, 0.25) is 5.02 Å². The van der Waals surface area contributed by atoms with Crippen LogP contribution in [0.15, 0.2) is 18.2 Å². The molecule has 126 valence electrons. The van der Waals surface area contributed by atoms with Crippen molar-refractivity contribution in [3.8, 4) is 5.75 Å². The van der Waals surface area contributed by atoms with Crippen LogP contribution in [0, 0.1) is 5.92 Å². The highest BCUT2D eigenvalue weighted by atomic mass is 35.5. The number of nitrogens with one attached hydrogen (secondary N) is 3. The van der Waals surface area contributed by atoms with Gasteiger partial charge in [-0.1, -0.05) is 24.6 Å². The topological polar surface area (TPSA) is 79.5 Å². The molecule has 1 aliphatic rings. The first-order valence-corrected chi connectivity index (χ1v) is 8.03. The van der Waals surface area contributed by atoms with Gasteiger partial charge >= 0.3 is 6.03 Å². The zero-order chi connectivity index (χ0) is 16.8. The molecule has 23 heavy (non-hydrogen) atoms. The van der Waals surface area contributed by atoms with Gasteiger partial charge in [0.05, 0.1) is 7.11 Å². The summed E-state index contributed by atoms with van der Waals surface area (Å²) in [4.78, 5) is 23.7. The molecule has 1 fully saturated rings. The van der Waals surface area contributed by atoms with E-state index in [1.165, 1.54) is 0 Å². The van der Waals surface area contributed by atoms with Crippen molar-refractivity contribution in [1.29, 1.82) is 0 Å². The molecule has 1 aliphatic heterocycles. The fraction of sp³-hybridized carbons (Fsp3) is 0.500. The fourth-order valence-electron chi connectivity index (χ4n) is 2.53. The van der Waals surface area contributed by atoms with Crippen LogP contribution in [0.3, 0.4) is 0 Å². The molecule has 0 radical (unpaired) electrons. The Bertz CT molecular complexity index is 580. The second-order valence-corrected chi connectivity index (χ2v) is 6.05. The van der Waals surface area contributed by atoms with Crippen LogP contribution >= 0.6 is 11.6 Å². The molecule has 0 bridgehead atoms. The van der Waals surface area contributed by atoms with Gasteiger partial charge in [0, 0.05) is 18.1 Å². The van der Waals surface area contributed by atoms with E-state index in [1.54, 1.807) is 13.2 Å². The third-order valence-electron chi connectivity index (χ3n) is 3.98. The summed E-state index contributed by atoms with van der Waals surface area (Å²) >= 11 is 6.16. The third-order valence-corrected chi connectivity index (χ3v) is 4.33. The Morgan fingerprint density at radius 2 is 2.26 bits per heavy atom. The number of halogens is 1. The number of amides is 3. The van der Waals surface area contributed by atoms with Crippen LogP contribution < -0.4 is 20.7 Å². The molecule has 6 nitrogen and oxygen atoms in total. The Kier molecular flexibility index (Phi) is 6.10. The summed E-state index contributed by atoms with van der Waals surface area (Å²) in [6.45, 7) is 3.05. The van der Waals surface area contributed by atoms with Crippen molar-refractivity contribution in [2.45, 2.75) is 25.8 Å². The molecular formula is C16H22ClN3O3. The van der Waals surface area contributed by atoms with Gasteiger partial charge in [-0.05, 0) is 36.5 Å². The van der Waals surface area contributed by atoms with Gasteiger partial charge in [-0.25, -0.2) is 4.79 Å². The van der Waals surface area contributed by atoms with Crippen molar-refractivity contribution in [2.75, 3.05) is 20.2 Å². The molecule has 0 spiro atoms. The molecule has 1 aromatic carbocycles. The average Bonchev–Trinajstić information content (AvgIpc) is 2.52. The molecule has 3 N–H and O–H groups in total. The van der Waals surface area contributed by atoms with Crippen molar-refractivity contribution < 1.29 is 14.3 Å². The van der Waals surface area contributed by atoms with Gasteiger partial charge < -0.3 is 20.7 Å². The summed E-state index contributed by atoms with van der Waals surface area (Å²) in [7, 11) is 1.58. The molecule has 1 saturated heterocycles. The summed E-state index contributed by atoms with van der Waals surface area (Å²) in [5.41, 5.74) is 0.927. The highest BCUT2D eigenvalue weighted by Gasteiger charge is 2.29. The van der Waals surface area contributed by atoms with Gasteiger partial charge in [0.25, 0.3) is 0 Å². The largest absolute Gasteiger partial charge is 0.497 e. The molecule has 3 amide bonds. The minimum atomic E-state index is -0.478. The maximum atomic E-state index is 11.9. The summed E-state index contributed by atoms with van der Waals surface area (Å²) < 4.78 is 5.10. The van der Waals surface area contributed by atoms with E-state index in [0.717, 1.165) is 12.0 Å². The molecule has 2 atom stereocenters. The summed E-state index contributed by atoms with van der Waals surface area (Å²) in [6, 6.07) is 4.62. The summed E-state index contributed by atoms with van der Waals surface area (Å²) in [5, 5.41) is 8.84. The predicted molar refractivity (Wildman–Crippen MR) is 88.8 cm³/mol. The first-order chi connectivity index (χ1) is 11.0. The van der Waals surface area contributed by atoms with E-state index in [2.05, 4.69) is 16.0 Å². The van der Waals surface area contributed by atoms with E-state index in [-0.39, 0.29) is 17.9 Å². The standard InChI is InChI=1S/C16H22ClN3O3/c1-10-5-7-18-15(21)14(10)20-16(22)19-8-6-11-3-4-12(23-2)9-13(11)17/h3-4,9-10,14H,5-8H2,1-2H3,(H,18,21)(H2,19,20,22)/t10-,14+/m0/s1. The molecule has 0 unspecified atom stereocenters. The minimum Gasteiger partial charge on any atom is -0.497 e. The summed E-state index contributed by atoms with van der Waals surface area (Å²) in [5.74, 6) is 0.699. The number of rotatable bonds is 5. The van der Waals surface area contributed by atoms with Crippen LogP contribution in [0.4, 0.5) is 4.79 Å². The first-order valence-electron chi connectivity index (χ1n) is 7.65. The molecule has 1 heterocycles. The summed E-state index contributed by atoms with van der Waals surface area (Å²) in [6.07, 6.45) is 1.46. The van der Waals surface area contributed by atoms with Gasteiger partial charge in [-0.2, -0.15) is 0 Å². The van der Waals surface area contributed by atoms with Crippen LogP contribution in [0.1, 0.15) is 18.9 Å². The smallest absolute Gasteiger partial charge is 0.315 e. The monoisotopic (exact) mass is 339 g/mol. The average molecular weight is 340 g/mol. The van der Waals surface area contributed by atoms with Crippen molar-refractivity contribution >= 4 is 23.5 Å². The Morgan fingerprint density at radius 3 is 2.91 bits per heavy atom. The maximum absolute atomic E-state index is 11.9. The zero-order valence-corrected chi connectivity index (χ0v) is 14.1. The maximum Gasteiger partial charge on any atom is 0.315 e. The van der Waals surface area contributed by atoms with Crippen molar-refractivity contribution in [1.82, 2.24) is 16.0 Å². The highest BCUT2D eigenvalue weighted by Crippen LogP contribution is 2.22. The van der Waals surface area contributed by atoms with Crippen LogP contribution in [-0.4, -0.2) is 38.2 Å². The minimum absolute atomic E-state index is 0.128. The number of carbonyl (C=O) groups is 2. The SMILES string of the molecule is COc1ccc(CCNC(=O)N[C@H]2C(=O)NCC[C@@H]2C)c(Cl)c1. The number of urea groups is 1. The lowest BCUT2D eigenvalue weighted by Crippen LogP contribution is -2.56. The Morgan fingerprint density at radius 1 is 1.48 bits per heavy atom. The van der Waals surface area contributed by atoms with Crippen LogP contribution in [0.25, 0.3) is 0 Å². The van der Waals surface area contributed by atoms with E-state index in [0.29, 0.717) is 30.3 Å². The van der Waals surface area contributed by atoms with E-state index < -0.39 is 6.04 Å². The number of hydrogen-bond acceptors (Lipinski definition) is 3. The van der Waals surface area contributed by atoms with Crippen molar-refractivity contribution in [3.63, 3.8) is 0 Å². The van der Waals surface area contributed by atoms with E-state index in [1.807, 2.05) is 19.1 Å². The Hall–Kier alpha value is -1.95. The van der Waals surface area contributed by atoms with E-state index in [9.17, 15) is 9.59 Å². The lowest BCUT2D eigenvalue weighted by molar-refractivity contribution is -0.125. The van der Waals surface area contributed by atoms with Gasteiger partial charge in [0.1, 0.15) is 11.8 Å². The number of piperidine rings is 1. The van der Waals surface area contributed by atoms with Crippen LogP contribution in [-0.2, 0) is 11.2 Å². The third kappa shape index (κ3) is 4.76. The first kappa shape index (κ1) is 17.4. The van der Waals surface area contributed by atoms with Crippen molar-refractivity contribution in [2.24, 2.45) is 5.92 Å². The Labute approximate surface area is 140 Å². The second kappa shape index (κ2) is 8.06. The highest BCUT2D eigenvalue weighted by molar-refractivity contribution is 6.31. The number of methoxy groups -OCH3 is 1. The molecule has 2 rings (SSSR count). The van der Waals surface area contributed by atoms with E-state index in [4.69, 9.17) is 16.3 Å². The van der Waals surface area contributed by atoms with Crippen LogP contribution in [0.5, 0.6) is 5.75 Å². The predicted octanol–water partition coefficient (Wildman–Crippen LogP) is 1.71. The quantitative estimate of drug-likeness (QED) is 0.764. The van der Waals surface area contributed by atoms with Gasteiger partial charge in [-0.15, -0.1) is 0 Å². The molecule has 0 aliphatic carbocycles. The molecule has 7 heteroatoms. The normalized spacial score (nSPS) is 20.6. The van der Waals surface area contributed by atoms with Gasteiger partial charge in [0.2, 0.25) is 5.91 Å². The molecule has 0 saturated carbocycles. The van der Waals surface area contributed by atoms with Gasteiger partial charge in [-0.3, -0.25) is 4.79 Å². The van der Waals surface area contributed by atoms with E-state index >= 15 is 0 Å². The zero-order valence-electron chi connectivity index (χ0n) is 13.3. The fourth-order valence-corrected chi connectivity index (χ4v) is 2.79. The lowest BCUT2D eigenvalue weighted by Gasteiger charge is -2.28. The number of carbonyl (C=O) groups excluding carboxylic acids is 2. The number of benzene rings is 1.